The molecule has 0 spiro atoms. The third-order valence-electron chi connectivity index (χ3n) is 9.39. The molecule has 0 radical (unpaired) electrons. The Balaban J connectivity index is 1.33. The minimum Gasteiger partial charge on any atom is -0.462 e. The Kier molecular flexibility index (Phi) is 8.16. The van der Waals surface area contributed by atoms with Crippen molar-refractivity contribution in [1.29, 1.82) is 5.26 Å². The summed E-state index contributed by atoms with van der Waals surface area (Å²) in [4.78, 5) is 31.3. The zero-order valence-corrected chi connectivity index (χ0v) is 24.9. The summed E-state index contributed by atoms with van der Waals surface area (Å²) >= 11 is 0. The number of amides is 1. The van der Waals surface area contributed by atoms with Gasteiger partial charge in [-0.05, 0) is 75.9 Å². The first-order valence-electron chi connectivity index (χ1n) is 15.3. The maximum atomic E-state index is 12.5. The molecule has 2 aromatic rings. The van der Waals surface area contributed by atoms with Crippen LogP contribution in [0.15, 0.2) is 36.9 Å². The van der Waals surface area contributed by atoms with Gasteiger partial charge in [-0.2, -0.15) is 15.2 Å². The fraction of sp³-hybridized carbons (Fsp3) is 0.515. The van der Waals surface area contributed by atoms with Gasteiger partial charge in [0.1, 0.15) is 12.4 Å². The number of piperazine rings is 1. The molecule has 2 atom stereocenters. The van der Waals surface area contributed by atoms with Gasteiger partial charge in [-0.3, -0.25) is 4.79 Å². The quantitative estimate of drug-likeness (QED) is 0.465. The molecule has 6 rings (SSSR count). The van der Waals surface area contributed by atoms with Crippen LogP contribution in [0.5, 0.6) is 6.01 Å². The molecule has 2 saturated heterocycles. The van der Waals surface area contributed by atoms with Gasteiger partial charge in [0.2, 0.25) is 5.91 Å². The molecule has 1 amide bonds. The van der Waals surface area contributed by atoms with Gasteiger partial charge in [0, 0.05) is 49.0 Å². The van der Waals surface area contributed by atoms with E-state index in [0.717, 1.165) is 55.8 Å². The van der Waals surface area contributed by atoms with Gasteiger partial charge in [-0.15, -0.1) is 0 Å². The van der Waals surface area contributed by atoms with Crippen molar-refractivity contribution in [3.8, 4) is 12.1 Å². The maximum absolute atomic E-state index is 12.5. The van der Waals surface area contributed by atoms with Crippen molar-refractivity contribution in [2.45, 2.75) is 64.1 Å². The predicted molar refractivity (Wildman–Crippen MR) is 164 cm³/mol. The summed E-state index contributed by atoms with van der Waals surface area (Å²) in [5, 5.41) is 9.53. The maximum Gasteiger partial charge on any atom is 0.318 e. The smallest absolute Gasteiger partial charge is 0.318 e. The molecule has 0 unspecified atom stereocenters. The summed E-state index contributed by atoms with van der Waals surface area (Å²) in [6.45, 7) is 10.8. The molecule has 4 heterocycles. The van der Waals surface area contributed by atoms with Gasteiger partial charge < -0.3 is 24.3 Å². The average Bonchev–Trinajstić information content (AvgIpc) is 3.43. The molecule has 9 heteroatoms. The number of nitriles is 1. The normalized spacial score (nSPS) is 22.2. The lowest BCUT2D eigenvalue weighted by Gasteiger charge is -2.42. The van der Waals surface area contributed by atoms with E-state index in [0.29, 0.717) is 44.8 Å². The zero-order chi connectivity index (χ0) is 29.2. The summed E-state index contributed by atoms with van der Waals surface area (Å²) in [5.41, 5.74) is 7.55. The number of aryl methyl sites for hydroxylation is 1. The van der Waals surface area contributed by atoms with E-state index < -0.39 is 0 Å². The number of likely N-dealkylation sites (N-methyl/N-ethyl adjacent to an activating group) is 1. The van der Waals surface area contributed by atoms with Crippen molar-refractivity contribution in [1.82, 2.24) is 19.8 Å². The minimum atomic E-state index is -0.220. The van der Waals surface area contributed by atoms with Crippen LogP contribution < -0.4 is 14.5 Å². The molecular formula is C33H41N7O2. The van der Waals surface area contributed by atoms with Gasteiger partial charge in [-0.25, -0.2) is 0 Å². The van der Waals surface area contributed by atoms with Crippen molar-refractivity contribution < 1.29 is 9.53 Å². The van der Waals surface area contributed by atoms with Crippen LogP contribution in [0, 0.1) is 11.3 Å². The molecule has 3 aliphatic heterocycles. The number of hydrogen-bond donors (Lipinski definition) is 0. The molecule has 1 aromatic carbocycles. The number of rotatable bonds is 7. The summed E-state index contributed by atoms with van der Waals surface area (Å²) in [5.74, 6) is 0.754. The molecular weight excluding hydrogens is 526 g/mol. The molecule has 0 N–H and O–H groups in total. The molecule has 0 bridgehead atoms. The van der Waals surface area contributed by atoms with E-state index in [1.54, 1.807) is 4.90 Å². The number of carbonyl (C=O) groups excluding carboxylic acids is 1. The number of nitrogens with zero attached hydrogens (tertiary/aromatic N) is 7. The summed E-state index contributed by atoms with van der Waals surface area (Å²) in [6, 6.07) is 9.51. The number of aromatic nitrogens is 2. The fourth-order valence-corrected chi connectivity index (χ4v) is 7.08. The van der Waals surface area contributed by atoms with Gasteiger partial charge in [0.15, 0.2) is 0 Å². The Hall–Kier alpha value is -3.90. The van der Waals surface area contributed by atoms with Crippen molar-refractivity contribution in [2.75, 3.05) is 56.2 Å². The van der Waals surface area contributed by atoms with Crippen LogP contribution in [-0.2, 0) is 24.2 Å². The number of anilines is 2. The number of ether oxygens (including phenoxy) is 1. The molecule has 2 fully saturated rings. The Morgan fingerprint density at radius 2 is 2.05 bits per heavy atom. The number of likely N-dealkylation sites (tertiary alicyclic amines) is 1. The number of benzene rings is 1. The van der Waals surface area contributed by atoms with Crippen LogP contribution in [0.1, 0.15) is 55.0 Å². The Bertz CT molecular complexity index is 1430. The van der Waals surface area contributed by atoms with E-state index in [1.165, 1.54) is 34.9 Å². The molecule has 9 nitrogen and oxygen atoms in total. The monoisotopic (exact) mass is 567 g/mol. The second-order valence-corrected chi connectivity index (χ2v) is 11.9. The van der Waals surface area contributed by atoms with E-state index in [-0.39, 0.29) is 18.4 Å². The Morgan fingerprint density at radius 3 is 2.83 bits per heavy atom. The van der Waals surface area contributed by atoms with Crippen molar-refractivity contribution >= 4 is 23.0 Å². The molecule has 0 saturated carbocycles. The molecule has 1 aromatic heterocycles. The van der Waals surface area contributed by atoms with Gasteiger partial charge in [0.05, 0.1) is 30.8 Å². The van der Waals surface area contributed by atoms with Crippen LogP contribution in [-0.4, -0.2) is 84.1 Å². The first-order valence-corrected chi connectivity index (χ1v) is 15.3. The first-order chi connectivity index (χ1) is 20.5. The highest BCUT2D eigenvalue weighted by Crippen LogP contribution is 2.38. The van der Waals surface area contributed by atoms with Crippen LogP contribution in [0.2, 0.25) is 0 Å². The van der Waals surface area contributed by atoms with Gasteiger partial charge in [0.25, 0.3) is 0 Å². The SMILES string of the molecule is C=CC(=O)N1CCN(c2nc(OC[C@@H]3CCCN3C)nc3c2CCN(c2cccc4c2C(C)=CCC4)C3)C[C@@H]1CC#N. The lowest BCUT2D eigenvalue weighted by atomic mass is 9.89. The standard InChI is InChI=1S/C33H41N7O2/c1-4-30(41)40-19-18-39(20-25(40)13-15-34)32-27-14-17-38(29-12-6-10-24-9-5-8-23(2)31(24)29)21-28(27)35-33(36-32)42-22-26-11-7-16-37(26)3/h4,6,8,10,12,25-26H,1,5,7,9,11,13-14,16-22H2,2-3H3/t25-,26-/m0/s1. The summed E-state index contributed by atoms with van der Waals surface area (Å²) < 4.78 is 6.31. The fourth-order valence-electron chi connectivity index (χ4n) is 7.08. The minimum absolute atomic E-state index is 0.129. The summed E-state index contributed by atoms with van der Waals surface area (Å²) in [6.07, 6.45) is 9.24. The van der Waals surface area contributed by atoms with E-state index in [1.807, 2.05) is 0 Å². The number of carbonyl (C=O) groups is 1. The van der Waals surface area contributed by atoms with E-state index in [2.05, 4.69) is 65.6 Å². The third-order valence-corrected chi connectivity index (χ3v) is 9.39. The van der Waals surface area contributed by atoms with E-state index in [9.17, 15) is 10.1 Å². The number of hydrogen-bond acceptors (Lipinski definition) is 8. The van der Waals surface area contributed by atoms with Crippen molar-refractivity contribution in [3.05, 3.63) is 59.3 Å². The second-order valence-electron chi connectivity index (χ2n) is 11.9. The predicted octanol–water partition coefficient (Wildman–Crippen LogP) is 3.98. The molecule has 1 aliphatic carbocycles. The van der Waals surface area contributed by atoms with Crippen molar-refractivity contribution in [3.63, 3.8) is 0 Å². The molecule has 220 valence electrons. The van der Waals surface area contributed by atoms with Gasteiger partial charge >= 0.3 is 6.01 Å². The number of allylic oxidation sites excluding steroid dienone is 2. The number of fused-ring (bicyclic) bond motifs is 2. The average molecular weight is 568 g/mol. The van der Waals surface area contributed by atoms with E-state index >= 15 is 0 Å². The highest BCUT2D eigenvalue weighted by Gasteiger charge is 2.34. The van der Waals surface area contributed by atoms with Crippen molar-refractivity contribution in [2.24, 2.45) is 0 Å². The third kappa shape index (κ3) is 5.48. The second kappa shape index (κ2) is 12.1. The van der Waals surface area contributed by atoms with Crippen LogP contribution in [0.3, 0.4) is 0 Å². The van der Waals surface area contributed by atoms with Gasteiger partial charge in [-0.1, -0.05) is 24.8 Å². The Labute approximate surface area is 249 Å². The van der Waals surface area contributed by atoms with E-state index in [4.69, 9.17) is 14.7 Å². The van der Waals surface area contributed by atoms with Crippen LogP contribution >= 0.6 is 0 Å². The highest BCUT2D eigenvalue weighted by molar-refractivity contribution is 5.87. The largest absolute Gasteiger partial charge is 0.462 e. The highest BCUT2D eigenvalue weighted by atomic mass is 16.5. The topological polar surface area (TPSA) is 88.8 Å². The zero-order valence-electron chi connectivity index (χ0n) is 24.9. The molecule has 42 heavy (non-hydrogen) atoms. The molecule has 4 aliphatic rings. The Morgan fingerprint density at radius 1 is 1.17 bits per heavy atom. The lowest BCUT2D eigenvalue weighted by Crippen LogP contribution is -2.55. The van der Waals surface area contributed by atoms with Crippen LogP contribution in [0.25, 0.3) is 5.57 Å². The summed E-state index contributed by atoms with van der Waals surface area (Å²) in [7, 11) is 2.15. The lowest BCUT2D eigenvalue weighted by molar-refractivity contribution is -0.128. The van der Waals surface area contributed by atoms with Crippen LogP contribution in [0.4, 0.5) is 11.5 Å². The first kappa shape index (κ1) is 28.2.